The molecule has 2 rings (SSSR count). The number of benzene rings is 1. The van der Waals surface area contributed by atoms with Gasteiger partial charge in [0.05, 0.1) is 12.5 Å². The Morgan fingerprint density at radius 2 is 2.00 bits per heavy atom. The van der Waals surface area contributed by atoms with Crippen LogP contribution in [0.5, 0.6) is 0 Å². The molecule has 0 bridgehead atoms. The van der Waals surface area contributed by atoms with Crippen molar-refractivity contribution in [3.8, 4) is 0 Å². The van der Waals surface area contributed by atoms with E-state index in [2.05, 4.69) is 0 Å². The number of esters is 1. The van der Waals surface area contributed by atoms with Crippen molar-refractivity contribution in [2.24, 2.45) is 11.7 Å². The van der Waals surface area contributed by atoms with E-state index in [4.69, 9.17) is 10.5 Å². The average molecular weight is 341 g/mol. The van der Waals surface area contributed by atoms with E-state index in [0.29, 0.717) is 19.7 Å². The summed E-state index contributed by atoms with van der Waals surface area (Å²) in [5.74, 6) is -0.615. The van der Waals surface area contributed by atoms with E-state index in [-0.39, 0.29) is 30.2 Å². The third-order valence-electron chi connectivity index (χ3n) is 4.15. The second-order valence-corrected chi connectivity index (χ2v) is 5.91. The van der Waals surface area contributed by atoms with Crippen LogP contribution in [0.1, 0.15) is 32.3 Å². The fraction of sp³-hybridized carbons (Fsp3) is 0.529. The maximum atomic E-state index is 12.8. The van der Waals surface area contributed by atoms with Crippen LogP contribution in [0, 0.1) is 5.92 Å². The Kier molecular flexibility index (Phi) is 7.03. The van der Waals surface area contributed by atoms with Gasteiger partial charge in [-0.1, -0.05) is 30.3 Å². The fourth-order valence-electron chi connectivity index (χ4n) is 2.85. The lowest BCUT2D eigenvalue weighted by Crippen LogP contribution is -2.54. The van der Waals surface area contributed by atoms with Crippen molar-refractivity contribution in [3.63, 3.8) is 0 Å². The minimum Gasteiger partial charge on any atom is -0.466 e. The van der Waals surface area contributed by atoms with Crippen molar-refractivity contribution in [3.05, 3.63) is 35.9 Å². The molecule has 0 spiro atoms. The zero-order chi connectivity index (χ0) is 16.2. The first-order valence-corrected chi connectivity index (χ1v) is 7.77. The number of halogens is 1. The number of amides is 1. The van der Waals surface area contributed by atoms with Gasteiger partial charge >= 0.3 is 5.97 Å². The number of hydrogen-bond donors (Lipinski definition) is 1. The van der Waals surface area contributed by atoms with Crippen LogP contribution in [-0.4, -0.2) is 36.5 Å². The summed E-state index contributed by atoms with van der Waals surface area (Å²) < 4.78 is 5.07. The van der Waals surface area contributed by atoms with Gasteiger partial charge in [-0.2, -0.15) is 0 Å². The summed E-state index contributed by atoms with van der Waals surface area (Å²) in [4.78, 5) is 26.4. The van der Waals surface area contributed by atoms with Crippen molar-refractivity contribution >= 4 is 24.3 Å². The van der Waals surface area contributed by atoms with Gasteiger partial charge in [0.2, 0.25) is 5.91 Å². The molecular formula is C17H25ClN2O3. The lowest BCUT2D eigenvalue weighted by molar-refractivity contribution is -0.152. The van der Waals surface area contributed by atoms with Crippen molar-refractivity contribution < 1.29 is 14.3 Å². The molecule has 0 aromatic heterocycles. The predicted octanol–water partition coefficient (Wildman–Crippen LogP) is 2.08. The van der Waals surface area contributed by atoms with Crippen molar-refractivity contribution in [1.29, 1.82) is 0 Å². The minimum atomic E-state index is -1.09. The Bertz CT molecular complexity index is 534. The lowest BCUT2D eigenvalue weighted by Gasteiger charge is -2.36. The Balaban J connectivity index is 0.00000264. The molecule has 1 amide bonds. The van der Waals surface area contributed by atoms with Crippen LogP contribution in [0.2, 0.25) is 0 Å². The number of carbonyl (C=O) groups is 2. The van der Waals surface area contributed by atoms with Crippen LogP contribution in [0.15, 0.2) is 30.3 Å². The Morgan fingerprint density at radius 3 is 2.61 bits per heavy atom. The van der Waals surface area contributed by atoms with Gasteiger partial charge in [0.15, 0.2) is 0 Å². The van der Waals surface area contributed by atoms with Gasteiger partial charge in [-0.3, -0.25) is 9.59 Å². The third-order valence-corrected chi connectivity index (χ3v) is 4.15. The molecule has 5 nitrogen and oxygen atoms in total. The highest BCUT2D eigenvalue weighted by Gasteiger charge is 2.38. The number of likely N-dealkylation sites (tertiary alicyclic amines) is 1. The summed E-state index contributed by atoms with van der Waals surface area (Å²) in [7, 11) is 0. The number of ether oxygens (including phenoxy) is 1. The Morgan fingerprint density at radius 1 is 1.35 bits per heavy atom. The molecule has 2 N–H and O–H groups in total. The SMILES string of the molecule is CCOC(=O)C1CCCN(C(=O)C(C)(N)c2ccccc2)C1.Cl. The van der Waals surface area contributed by atoms with Gasteiger partial charge < -0.3 is 15.4 Å². The molecule has 0 aliphatic carbocycles. The van der Waals surface area contributed by atoms with Crippen molar-refractivity contribution in [2.45, 2.75) is 32.2 Å². The number of nitrogens with two attached hydrogens (primary N) is 1. The molecule has 1 aromatic rings. The summed E-state index contributed by atoms with van der Waals surface area (Å²) in [5.41, 5.74) is 5.98. The van der Waals surface area contributed by atoms with Gasteiger partial charge in [-0.05, 0) is 32.3 Å². The molecule has 1 saturated heterocycles. The predicted molar refractivity (Wildman–Crippen MR) is 91.2 cm³/mol. The highest BCUT2D eigenvalue weighted by atomic mass is 35.5. The molecule has 1 aromatic carbocycles. The summed E-state index contributed by atoms with van der Waals surface area (Å²) in [6, 6.07) is 9.33. The van der Waals surface area contributed by atoms with E-state index in [9.17, 15) is 9.59 Å². The standard InChI is InChI=1S/C17H24N2O3.ClH/c1-3-22-15(20)13-8-7-11-19(12-13)16(21)17(2,18)14-9-5-4-6-10-14;/h4-6,9-10,13H,3,7-8,11-12,18H2,1-2H3;1H. The third kappa shape index (κ3) is 4.45. The molecule has 6 heteroatoms. The molecule has 23 heavy (non-hydrogen) atoms. The van der Waals surface area contributed by atoms with Crippen LogP contribution in [0.25, 0.3) is 0 Å². The van der Waals surface area contributed by atoms with E-state index >= 15 is 0 Å². The van der Waals surface area contributed by atoms with Crippen LogP contribution in [0.3, 0.4) is 0 Å². The largest absolute Gasteiger partial charge is 0.466 e. The van der Waals surface area contributed by atoms with Crippen LogP contribution in [0.4, 0.5) is 0 Å². The molecule has 1 aliphatic heterocycles. The summed E-state index contributed by atoms with van der Waals surface area (Å²) in [6.07, 6.45) is 1.55. The number of rotatable bonds is 4. The van der Waals surface area contributed by atoms with Crippen LogP contribution >= 0.6 is 12.4 Å². The molecule has 1 fully saturated rings. The highest BCUT2D eigenvalue weighted by Crippen LogP contribution is 2.25. The first-order chi connectivity index (χ1) is 10.5. The van der Waals surface area contributed by atoms with E-state index in [1.807, 2.05) is 30.3 Å². The molecule has 128 valence electrons. The fourth-order valence-corrected chi connectivity index (χ4v) is 2.85. The van der Waals surface area contributed by atoms with Crippen molar-refractivity contribution in [1.82, 2.24) is 4.90 Å². The van der Waals surface area contributed by atoms with Gasteiger partial charge in [0, 0.05) is 13.1 Å². The van der Waals surface area contributed by atoms with Gasteiger partial charge in [-0.15, -0.1) is 12.4 Å². The van der Waals surface area contributed by atoms with E-state index < -0.39 is 5.54 Å². The highest BCUT2D eigenvalue weighted by molar-refractivity contribution is 5.87. The van der Waals surface area contributed by atoms with E-state index in [1.54, 1.807) is 18.7 Å². The number of piperidine rings is 1. The Labute approximate surface area is 143 Å². The molecule has 0 radical (unpaired) electrons. The molecule has 2 atom stereocenters. The zero-order valence-corrected chi connectivity index (χ0v) is 14.5. The summed E-state index contributed by atoms with van der Waals surface area (Å²) in [5, 5.41) is 0. The first kappa shape index (κ1) is 19.5. The number of hydrogen-bond acceptors (Lipinski definition) is 4. The second-order valence-electron chi connectivity index (χ2n) is 5.91. The first-order valence-electron chi connectivity index (χ1n) is 7.77. The molecule has 1 heterocycles. The number of carbonyl (C=O) groups excluding carboxylic acids is 2. The van der Waals surface area contributed by atoms with Crippen LogP contribution < -0.4 is 5.73 Å². The quantitative estimate of drug-likeness (QED) is 0.852. The average Bonchev–Trinajstić information content (AvgIpc) is 2.55. The lowest BCUT2D eigenvalue weighted by atomic mass is 9.89. The molecule has 1 aliphatic rings. The molecule has 0 saturated carbocycles. The van der Waals surface area contributed by atoms with Gasteiger partial charge in [0.25, 0.3) is 0 Å². The van der Waals surface area contributed by atoms with Gasteiger partial charge in [-0.25, -0.2) is 0 Å². The van der Waals surface area contributed by atoms with E-state index in [0.717, 1.165) is 18.4 Å². The summed E-state index contributed by atoms with van der Waals surface area (Å²) in [6.45, 7) is 4.89. The maximum absolute atomic E-state index is 12.8. The van der Waals surface area contributed by atoms with E-state index in [1.165, 1.54) is 0 Å². The van der Waals surface area contributed by atoms with Crippen molar-refractivity contribution in [2.75, 3.05) is 19.7 Å². The molecular weight excluding hydrogens is 316 g/mol. The Hall–Kier alpha value is -1.59. The second kappa shape index (κ2) is 8.31. The van der Waals surface area contributed by atoms with Crippen LogP contribution in [-0.2, 0) is 19.9 Å². The molecule has 2 unspecified atom stereocenters. The zero-order valence-electron chi connectivity index (χ0n) is 13.7. The number of nitrogens with zero attached hydrogens (tertiary/aromatic N) is 1. The summed E-state index contributed by atoms with van der Waals surface area (Å²) >= 11 is 0. The topological polar surface area (TPSA) is 72.6 Å². The minimum absolute atomic E-state index is 0. The monoisotopic (exact) mass is 340 g/mol. The maximum Gasteiger partial charge on any atom is 0.310 e. The smallest absolute Gasteiger partial charge is 0.310 e. The van der Waals surface area contributed by atoms with Gasteiger partial charge in [0.1, 0.15) is 5.54 Å². The normalized spacial score (nSPS) is 20.1.